The Morgan fingerprint density at radius 1 is 1.30 bits per heavy atom. The van der Waals surface area contributed by atoms with E-state index in [4.69, 9.17) is 9.47 Å². The molecule has 0 saturated heterocycles. The Morgan fingerprint density at radius 3 is 2.59 bits per heavy atom. The number of aliphatic hydroxyl groups excluding tert-OH is 1. The minimum atomic E-state index is -3.72. The smallest absolute Gasteiger partial charge is 0.335 e. The highest BCUT2D eigenvalue weighted by atomic mass is 32.2. The minimum Gasteiger partial charge on any atom is -0.484 e. The van der Waals surface area contributed by atoms with Crippen LogP contribution in [0.15, 0.2) is 35.2 Å². The fraction of sp³-hybridized carbons (Fsp3) is 0.278. The third-order valence-corrected chi connectivity index (χ3v) is 5.32. The summed E-state index contributed by atoms with van der Waals surface area (Å²) in [4.78, 5) is 11.2. The number of aromatic carboxylic acids is 1. The van der Waals surface area contributed by atoms with Crippen molar-refractivity contribution in [2.75, 3.05) is 12.9 Å². The van der Waals surface area contributed by atoms with Crippen LogP contribution in [0.3, 0.4) is 0 Å². The molecule has 3 rings (SSSR count). The van der Waals surface area contributed by atoms with Crippen LogP contribution >= 0.6 is 0 Å². The van der Waals surface area contributed by atoms with Crippen LogP contribution in [0.1, 0.15) is 22.8 Å². The van der Waals surface area contributed by atoms with E-state index in [-0.39, 0.29) is 40.7 Å². The van der Waals surface area contributed by atoms with Crippen LogP contribution in [0.5, 0.6) is 17.2 Å². The molecule has 0 fully saturated rings. The molecule has 0 amide bonds. The third kappa shape index (κ3) is 3.74. The highest BCUT2D eigenvalue weighted by Crippen LogP contribution is 2.43. The number of sulfone groups is 1. The Morgan fingerprint density at radius 2 is 2.00 bits per heavy atom. The van der Waals surface area contributed by atoms with Crippen molar-refractivity contribution < 1.29 is 37.3 Å². The van der Waals surface area contributed by atoms with E-state index in [0.717, 1.165) is 24.5 Å². The predicted molar refractivity (Wildman–Crippen MR) is 92.8 cm³/mol. The van der Waals surface area contributed by atoms with Crippen LogP contribution < -0.4 is 9.47 Å². The molecule has 1 aliphatic rings. The normalized spacial score (nSPS) is 18.7. The Kier molecular flexibility index (Phi) is 4.61. The summed E-state index contributed by atoms with van der Waals surface area (Å²) in [5.41, 5.74) is -0.664. The highest BCUT2D eigenvalue weighted by molar-refractivity contribution is 7.90. The van der Waals surface area contributed by atoms with Crippen LogP contribution in [-0.4, -0.2) is 43.1 Å². The van der Waals surface area contributed by atoms with E-state index < -0.39 is 27.2 Å². The van der Waals surface area contributed by atoms with Crippen LogP contribution in [-0.2, 0) is 16.3 Å². The molecule has 0 spiro atoms. The van der Waals surface area contributed by atoms with Crippen molar-refractivity contribution in [3.05, 3.63) is 47.3 Å². The zero-order valence-electron chi connectivity index (χ0n) is 14.5. The molecule has 2 aromatic carbocycles. The summed E-state index contributed by atoms with van der Waals surface area (Å²) in [6, 6.07) is 5.50. The van der Waals surface area contributed by atoms with E-state index in [0.29, 0.717) is 5.56 Å². The van der Waals surface area contributed by atoms with Crippen molar-refractivity contribution in [2.24, 2.45) is 0 Å². The van der Waals surface area contributed by atoms with E-state index in [1.54, 1.807) is 6.92 Å². The van der Waals surface area contributed by atoms with E-state index in [1.165, 1.54) is 12.1 Å². The second-order valence-electron chi connectivity index (χ2n) is 6.61. The molecule has 2 aromatic rings. The first-order chi connectivity index (χ1) is 12.5. The third-order valence-electron chi connectivity index (χ3n) is 4.18. The lowest BCUT2D eigenvalue weighted by Crippen LogP contribution is -2.34. The highest BCUT2D eigenvalue weighted by Gasteiger charge is 2.37. The summed E-state index contributed by atoms with van der Waals surface area (Å²) in [7, 11) is -3.72. The van der Waals surface area contributed by atoms with Gasteiger partial charge in [0.1, 0.15) is 33.6 Å². The van der Waals surface area contributed by atoms with E-state index in [9.17, 15) is 27.8 Å². The molecule has 0 aliphatic carbocycles. The van der Waals surface area contributed by atoms with Gasteiger partial charge in [0.15, 0.2) is 9.84 Å². The summed E-state index contributed by atoms with van der Waals surface area (Å²) in [5, 5.41) is 18.8. The first-order valence-electron chi connectivity index (χ1n) is 7.90. The maximum atomic E-state index is 13.7. The zero-order chi connectivity index (χ0) is 20.0. The van der Waals surface area contributed by atoms with E-state index >= 15 is 0 Å². The number of hydrogen-bond acceptors (Lipinski definition) is 6. The average Bonchev–Trinajstić information content (AvgIpc) is 2.91. The molecule has 0 aromatic heterocycles. The van der Waals surface area contributed by atoms with Gasteiger partial charge < -0.3 is 19.7 Å². The molecule has 9 heteroatoms. The van der Waals surface area contributed by atoms with Gasteiger partial charge in [0, 0.05) is 24.3 Å². The van der Waals surface area contributed by atoms with E-state index in [2.05, 4.69) is 0 Å². The number of rotatable bonds is 5. The molecule has 0 radical (unpaired) electrons. The lowest BCUT2D eigenvalue weighted by molar-refractivity contribution is 0.0444. The van der Waals surface area contributed by atoms with Gasteiger partial charge in [-0.1, -0.05) is 0 Å². The summed E-state index contributed by atoms with van der Waals surface area (Å²) < 4.78 is 48.9. The molecule has 7 nitrogen and oxygen atoms in total. The molecule has 1 heterocycles. The molecule has 1 atom stereocenters. The zero-order valence-corrected chi connectivity index (χ0v) is 15.3. The van der Waals surface area contributed by atoms with Crippen LogP contribution in [0, 0.1) is 5.82 Å². The lowest BCUT2D eigenvalue weighted by atomic mass is 9.98. The summed E-state index contributed by atoms with van der Waals surface area (Å²) in [6.07, 6.45) is 1.16. The van der Waals surface area contributed by atoms with E-state index in [1.807, 2.05) is 0 Å². The quantitative estimate of drug-likeness (QED) is 0.747. The molecule has 144 valence electrons. The SMILES string of the molecule is CC1(CO)Cc2c(Oc3cc(F)ccc3S(C)(=O)=O)cc(C(=O)O)cc2O1. The number of carboxylic acids is 1. The number of benzene rings is 2. The molecule has 2 N–H and O–H groups in total. The second kappa shape index (κ2) is 6.50. The molecular weight excluding hydrogens is 379 g/mol. The van der Waals surface area contributed by atoms with Crippen molar-refractivity contribution in [3.63, 3.8) is 0 Å². The van der Waals surface area contributed by atoms with Crippen LogP contribution in [0.2, 0.25) is 0 Å². The van der Waals surface area contributed by atoms with Gasteiger partial charge in [0.2, 0.25) is 0 Å². The van der Waals surface area contributed by atoms with Crippen molar-refractivity contribution >= 4 is 15.8 Å². The van der Waals surface area contributed by atoms with Crippen LogP contribution in [0.25, 0.3) is 0 Å². The number of carbonyl (C=O) groups is 1. The molecule has 27 heavy (non-hydrogen) atoms. The largest absolute Gasteiger partial charge is 0.484 e. The first-order valence-corrected chi connectivity index (χ1v) is 9.79. The topological polar surface area (TPSA) is 110 Å². The van der Waals surface area contributed by atoms with Crippen molar-refractivity contribution in [1.82, 2.24) is 0 Å². The second-order valence-corrected chi connectivity index (χ2v) is 8.59. The minimum absolute atomic E-state index is 0.0255. The molecule has 1 unspecified atom stereocenters. The van der Waals surface area contributed by atoms with Gasteiger partial charge in [-0.05, 0) is 31.2 Å². The Labute approximate surface area is 154 Å². The molecular formula is C18H17FO7S. The van der Waals surface area contributed by atoms with Gasteiger partial charge in [-0.15, -0.1) is 0 Å². The molecule has 0 saturated carbocycles. The van der Waals surface area contributed by atoms with Gasteiger partial charge in [-0.2, -0.15) is 0 Å². The number of carboxylic acid groups (broad SMARTS) is 1. The van der Waals surface area contributed by atoms with Gasteiger partial charge in [-0.25, -0.2) is 17.6 Å². The molecule has 1 aliphatic heterocycles. The number of ether oxygens (including phenoxy) is 2. The summed E-state index contributed by atoms with van der Waals surface area (Å²) in [6.45, 7) is 1.32. The first kappa shape index (κ1) is 19.1. The predicted octanol–water partition coefficient (Wildman–Crippen LogP) is 2.41. The summed E-state index contributed by atoms with van der Waals surface area (Å²) >= 11 is 0. The van der Waals surface area contributed by atoms with Gasteiger partial charge >= 0.3 is 5.97 Å². The van der Waals surface area contributed by atoms with Gasteiger partial charge in [0.25, 0.3) is 0 Å². The van der Waals surface area contributed by atoms with Crippen molar-refractivity contribution in [3.8, 4) is 17.2 Å². The van der Waals surface area contributed by atoms with Gasteiger partial charge in [-0.3, -0.25) is 0 Å². The Bertz CT molecular complexity index is 1030. The van der Waals surface area contributed by atoms with Crippen LogP contribution in [0.4, 0.5) is 4.39 Å². The number of hydrogen-bond donors (Lipinski definition) is 2. The Hall–Kier alpha value is -2.65. The monoisotopic (exact) mass is 396 g/mol. The molecule has 0 bridgehead atoms. The maximum Gasteiger partial charge on any atom is 0.335 e. The Balaban J connectivity index is 2.15. The lowest BCUT2D eigenvalue weighted by Gasteiger charge is -2.20. The van der Waals surface area contributed by atoms with Crippen molar-refractivity contribution in [1.29, 1.82) is 0 Å². The fourth-order valence-corrected chi connectivity index (χ4v) is 3.63. The maximum absolute atomic E-state index is 13.7. The average molecular weight is 396 g/mol. The summed E-state index contributed by atoms with van der Waals surface area (Å²) in [5.74, 6) is -1.98. The standard InChI is InChI=1S/C18H17FO7S/c1-18(9-20)8-12-13(5-10(17(21)22)6-14(12)26-18)25-15-7-11(19)3-4-16(15)27(2,23)24/h3-7,20H,8-9H2,1-2H3,(H,21,22). The number of aliphatic hydroxyl groups is 1. The number of fused-ring (bicyclic) bond motifs is 1. The number of halogens is 1. The van der Waals surface area contributed by atoms with Gasteiger partial charge in [0.05, 0.1) is 12.2 Å². The van der Waals surface area contributed by atoms with Crippen molar-refractivity contribution in [2.45, 2.75) is 23.8 Å². The fourth-order valence-electron chi connectivity index (χ4n) is 2.85.